The van der Waals surface area contributed by atoms with Crippen LogP contribution >= 0.6 is 0 Å². The number of hydrogen-bond acceptors (Lipinski definition) is 4. The van der Waals surface area contributed by atoms with Crippen LogP contribution in [0.15, 0.2) is 52.9 Å². The lowest BCUT2D eigenvalue weighted by atomic mass is 10.1. The number of carbonyl (C=O) groups excluding carboxylic acids is 1. The summed E-state index contributed by atoms with van der Waals surface area (Å²) in [5.74, 6) is 0.102. The third kappa shape index (κ3) is 3.30. The van der Waals surface area contributed by atoms with Crippen LogP contribution in [0.5, 0.6) is 0 Å². The Labute approximate surface area is 153 Å². The average molecular weight is 349 g/mol. The van der Waals surface area contributed by atoms with Crippen LogP contribution < -0.4 is 10.2 Å². The molecule has 0 saturated carbocycles. The molecular weight excluding hydrogens is 326 g/mol. The molecule has 0 spiro atoms. The summed E-state index contributed by atoms with van der Waals surface area (Å²) in [4.78, 5) is 17.3. The van der Waals surface area contributed by atoms with Crippen molar-refractivity contribution in [1.82, 2.24) is 4.90 Å². The van der Waals surface area contributed by atoms with Gasteiger partial charge in [0.15, 0.2) is 5.76 Å². The van der Waals surface area contributed by atoms with Gasteiger partial charge in [0, 0.05) is 42.9 Å². The number of para-hydroxylation sites is 1. The maximum Gasteiger partial charge on any atom is 0.291 e. The van der Waals surface area contributed by atoms with Crippen molar-refractivity contribution in [2.24, 2.45) is 0 Å². The Morgan fingerprint density at radius 1 is 1.04 bits per heavy atom. The minimum atomic E-state index is -0.225. The largest absolute Gasteiger partial charge is 0.451 e. The fourth-order valence-corrected chi connectivity index (χ4v) is 3.33. The van der Waals surface area contributed by atoms with Gasteiger partial charge in [0.2, 0.25) is 0 Å². The normalized spacial score (nSPS) is 15.4. The SMILES string of the molecule is Cc1cc(N2CCN(C)CC2)ccc1NC(=O)c1cc2ccccc2o1. The van der Waals surface area contributed by atoms with Crippen molar-refractivity contribution in [2.75, 3.05) is 43.4 Å². The Balaban J connectivity index is 1.50. The van der Waals surface area contributed by atoms with E-state index >= 15 is 0 Å². The second-order valence-corrected chi connectivity index (χ2v) is 6.89. The summed E-state index contributed by atoms with van der Waals surface area (Å²) in [5, 5.41) is 3.90. The van der Waals surface area contributed by atoms with Crippen molar-refractivity contribution >= 4 is 28.3 Å². The van der Waals surface area contributed by atoms with Gasteiger partial charge in [-0.3, -0.25) is 4.79 Å². The van der Waals surface area contributed by atoms with Gasteiger partial charge in [-0.2, -0.15) is 0 Å². The van der Waals surface area contributed by atoms with E-state index in [0.717, 1.165) is 48.4 Å². The van der Waals surface area contributed by atoms with Gasteiger partial charge in [-0.25, -0.2) is 0 Å². The van der Waals surface area contributed by atoms with Crippen LogP contribution in [0.3, 0.4) is 0 Å². The van der Waals surface area contributed by atoms with Gasteiger partial charge in [0.1, 0.15) is 5.58 Å². The van der Waals surface area contributed by atoms with Gasteiger partial charge < -0.3 is 19.5 Å². The first-order valence-electron chi connectivity index (χ1n) is 8.94. The Bertz CT molecular complexity index is 906. The Kier molecular flexibility index (Phi) is 4.39. The predicted molar refractivity (Wildman–Crippen MR) is 105 cm³/mol. The number of likely N-dealkylation sites (N-methyl/N-ethyl adjacent to an activating group) is 1. The molecule has 1 N–H and O–H groups in total. The van der Waals surface area contributed by atoms with Gasteiger partial charge in [0.25, 0.3) is 5.91 Å². The van der Waals surface area contributed by atoms with Gasteiger partial charge in [-0.1, -0.05) is 18.2 Å². The number of nitrogens with zero attached hydrogens (tertiary/aromatic N) is 2. The van der Waals surface area contributed by atoms with E-state index in [1.807, 2.05) is 37.3 Å². The van der Waals surface area contributed by atoms with Crippen LogP contribution in [-0.2, 0) is 0 Å². The van der Waals surface area contributed by atoms with E-state index in [-0.39, 0.29) is 5.91 Å². The van der Waals surface area contributed by atoms with E-state index in [2.05, 4.69) is 34.3 Å². The quantitative estimate of drug-likeness (QED) is 0.782. The molecular formula is C21H23N3O2. The van der Waals surface area contributed by atoms with Crippen LogP contribution in [0.25, 0.3) is 11.0 Å². The number of aryl methyl sites for hydroxylation is 1. The molecule has 134 valence electrons. The third-order valence-corrected chi connectivity index (χ3v) is 4.98. The van der Waals surface area contributed by atoms with E-state index in [4.69, 9.17) is 4.42 Å². The van der Waals surface area contributed by atoms with Gasteiger partial charge in [-0.05, 0) is 49.9 Å². The first-order valence-corrected chi connectivity index (χ1v) is 8.94. The van der Waals surface area contributed by atoms with E-state index in [1.54, 1.807) is 6.07 Å². The van der Waals surface area contributed by atoms with Gasteiger partial charge >= 0.3 is 0 Å². The second-order valence-electron chi connectivity index (χ2n) is 6.89. The highest BCUT2D eigenvalue weighted by molar-refractivity contribution is 6.05. The smallest absolute Gasteiger partial charge is 0.291 e. The molecule has 0 unspecified atom stereocenters. The van der Waals surface area contributed by atoms with Crippen molar-refractivity contribution in [2.45, 2.75) is 6.92 Å². The Morgan fingerprint density at radius 3 is 2.54 bits per heavy atom. The molecule has 0 radical (unpaired) electrons. The fourth-order valence-electron chi connectivity index (χ4n) is 3.33. The summed E-state index contributed by atoms with van der Waals surface area (Å²) in [6.45, 7) is 6.22. The number of nitrogens with one attached hydrogen (secondary N) is 1. The van der Waals surface area contributed by atoms with Crippen LogP contribution in [0.4, 0.5) is 11.4 Å². The molecule has 2 aromatic carbocycles. The zero-order chi connectivity index (χ0) is 18.1. The summed E-state index contributed by atoms with van der Waals surface area (Å²) in [5.41, 5.74) is 3.79. The number of piperazine rings is 1. The lowest BCUT2D eigenvalue weighted by Crippen LogP contribution is -2.44. The summed E-state index contributed by atoms with van der Waals surface area (Å²) >= 11 is 0. The molecule has 0 bridgehead atoms. The minimum absolute atomic E-state index is 0.225. The van der Waals surface area contributed by atoms with E-state index in [1.165, 1.54) is 5.69 Å². The van der Waals surface area contributed by atoms with Crippen LogP contribution in [0, 0.1) is 6.92 Å². The molecule has 1 aliphatic heterocycles. The number of carbonyl (C=O) groups is 1. The number of fused-ring (bicyclic) bond motifs is 1. The molecule has 2 heterocycles. The van der Waals surface area contributed by atoms with Crippen LogP contribution in [0.1, 0.15) is 16.1 Å². The average Bonchev–Trinajstić information content (AvgIpc) is 3.08. The molecule has 1 aliphatic rings. The van der Waals surface area contributed by atoms with Crippen molar-refractivity contribution in [1.29, 1.82) is 0 Å². The molecule has 5 heteroatoms. The zero-order valence-electron chi connectivity index (χ0n) is 15.2. The summed E-state index contributed by atoms with van der Waals surface area (Å²) in [7, 11) is 2.15. The molecule has 1 amide bonds. The summed E-state index contributed by atoms with van der Waals surface area (Å²) < 4.78 is 5.65. The fraction of sp³-hybridized carbons (Fsp3) is 0.286. The van der Waals surface area contributed by atoms with E-state index in [0.29, 0.717) is 5.76 Å². The Morgan fingerprint density at radius 2 is 1.81 bits per heavy atom. The molecule has 1 saturated heterocycles. The topological polar surface area (TPSA) is 48.7 Å². The highest BCUT2D eigenvalue weighted by atomic mass is 16.3. The number of rotatable bonds is 3. The van der Waals surface area contributed by atoms with E-state index in [9.17, 15) is 4.79 Å². The highest BCUT2D eigenvalue weighted by Crippen LogP contribution is 2.25. The lowest BCUT2D eigenvalue weighted by molar-refractivity contribution is 0.0998. The second kappa shape index (κ2) is 6.84. The summed E-state index contributed by atoms with van der Waals surface area (Å²) in [6, 6.07) is 15.6. The molecule has 3 aromatic rings. The number of benzene rings is 2. The van der Waals surface area contributed by atoms with Gasteiger partial charge in [0.05, 0.1) is 0 Å². The highest BCUT2D eigenvalue weighted by Gasteiger charge is 2.16. The van der Waals surface area contributed by atoms with Crippen molar-refractivity contribution in [3.63, 3.8) is 0 Å². The first kappa shape index (κ1) is 16.7. The molecule has 1 fully saturated rings. The Hall–Kier alpha value is -2.79. The molecule has 1 aromatic heterocycles. The van der Waals surface area contributed by atoms with Crippen molar-refractivity contribution < 1.29 is 9.21 Å². The molecule has 0 atom stereocenters. The predicted octanol–water partition coefficient (Wildman–Crippen LogP) is 3.75. The number of amides is 1. The van der Waals surface area contributed by atoms with Crippen LogP contribution in [0.2, 0.25) is 0 Å². The minimum Gasteiger partial charge on any atom is -0.451 e. The zero-order valence-corrected chi connectivity index (χ0v) is 15.2. The molecule has 0 aliphatic carbocycles. The summed E-state index contributed by atoms with van der Waals surface area (Å²) in [6.07, 6.45) is 0. The van der Waals surface area contributed by atoms with E-state index < -0.39 is 0 Å². The molecule has 5 nitrogen and oxygen atoms in total. The lowest BCUT2D eigenvalue weighted by Gasteiger charge is -2.34. The van der Waals surface area contributed by atoms with Crippen LogP contribution in [-0.4, -0.2) is 44.0 Å². The number of anilines is 2. The van der Waals surface area contributed by atoms with Crippen molar-refractivity contribution in [3.8, 4) is 0 Å². The van der Waals surface area contributed by atoms with Gasteiger partial charge in [-0.15, -0.1) is 0 Å². The third-order valence-electron chi connectivity index (χ3n) is 4.98. The maximum absolute atomic E-state index is 12.5. The molecule has 26 heavy (non-hydrogen) atoms. The molecule has 4 rings (SSSR count). The standard InChI is InChI=1S/C21H23N3O2/c1-15-13-17(24-11-9-23(2)10-12-24)7-8-18(15)22-21(25)20-14-16-5-3-4-6-19(16)26-20/h3-8,13-14H,9-12H2,1-2H3,(H,22,25). The number of furan rings is 1. The van der Waals surface area contributed by atoms with Crippen molar-refractivity contribution in [3.05, 3.63) is 59.9 Å². The number of hydrogen-bond donors (Lipinski definition) is 1. The maximum atomic E-state index is 12.5. The first-order chi connectivity index (χ1) is 12.6. The monoisotopic (exact) mass is 349 g/mol.